The van der Waals surface area contributed by atoms with Gasteiger partial charge < -0.3 is 5.73 Å². The maximum Gasteiger partial charge on any atom is 0.240 e. The molecule has 0 aromatic carbocycles. The van der Waals surface area contributed by atoms with Crippen molar-refractivity contribution in [3.05, 3.63) is 20.8 Å². The summed E-state index contributed by atoms with van der Waals surface area (Å²) < 4.78 is 0.967. The molecule has 94 valence electrons. The fraction of sp³-hybridized carbons (Fsp3) is 0.583. The van der Waals surface area contributed by atoms with Crippen molar-refractivity contribution in [1.82, 2.24) is 5.32 Å². The van der Waals surface area contributed by atoms with E-state index < -0.39 is 0 Å². The third kappa shape index (κ3) is 3.30. The monoisotopic (exact) mass is 316 g/mol. The molecule has 5 heteroatoms. The SMILES string of the molecule is NC(=O)C(NC1CCCCC1)c1sccc1Br. The van der Waals surface area contributed by atoms with Crippen LogP contribution < -0.4 is 11.1 Å². The molecule has 1 aliphatic rings. The number of carbonyl (C=O) groups excluding carboxylic acids is 1. The maximum atomic E-state index is 11.6. The van der Waals surface area contributed by atoms with Crippen LogP contribution in [0.15, 0.2) is 15.9 Å². The Bertz CT molecular complexity index is 388. The summed E-state index contributed by atoms with van der Waals surface area (Å²) in [6, 6.07) is 2.03. The third-order valence-electron chi connectivity index (χ3n) is 3.20. The summed E-state index contributed by atoms with van der Waals surface area (Å²) in [5.41, 5.74) is 5.50. The summed E-state index contributed by atoms with van der Waals surface area (Å²) in [7, 11) is 0. The Morgan fingerprint density at radius 1 is 1.47 bits per heavy atom. The van der Waals surface area contributed by atoms with Crippen LogP contribution in [0.2, 0.25) is 0 Å². The Balaban J connectivity index is 2.07. The van der Waals surface area contributed by atoms with Gasteiger partial charge in [0.15, 0.2) is 0 Å². The van der Waals surface area contributed by atoms with Gasteiger partial charge in [-0.25, -0.2) is 0 Å². The van der Waals surface area contributed by atoms with Crippen LogP contribution in [0.5, 0.6) is 0 Å². The molecule has 1 aliphatic carbocycles. The number of carbonyl (C=O) groups is 1. The van der Waals surface area contributed by atoms with E-state index in [2.05, 4.69) is 21.2 Å². The third-order valence-corrected chi connectivity index (χ3v) is 5.13. The van der Waals surface area contributed by atoms with E-state index in [4.69, 9.17) is 5.73 Å². The van der Waals surface area contributed by atoms with E-state index in [9.17, 15) is 4.79 Å². The van der Waals surface area contributed by atoms with E-state index in [0.717, 1.165) is 22.2 Å². The molecule has 1 unspecified atom stereocenters. The van der Waals surface area contributed by atoms with E-state index in [1.165, 1.54) is 19.3 Å². The lowest BCUT2D eigenvalue weighted by molar-refractivity contribution is -0.120. The summed E-state index contributed by atoms with van der Waals surface area (Å²) in [6.07, 6.45) is 6.09. The normalized spacial score (nSPS) is 19.1. The van der Waals surface area contributed by atoms with Crippen LogP contribution in [-0.2, 0) is 4.79 Å². The number of rotatable bonds is 4. The van der Waals surface area contributed by atoms with E-state index in [1.54, 1.807) is 11.3 Å². The molecule has 3 nitrogen and oxygen atoms in total. The molecule has 0 saturated heterocycles. The number of nitrogens with two attached hydrogens (primary N) is 1. The minimum atomic E-state index is -0.354. The highest BCUT2D eigenvalue weighted by atomic mass is 79.9. The van der Waals surface area contributed by atoms with Gasteiger partial charge >= 0.3 is 0 Å². The second-order valence-electron chi connectivity index (χ2n) is 4.47. The van der Waals surface area contributed by atoms with Crippen molar-refractivity contribution in [3.63, 3.8) is 0 Å². The van der Waals surface area contributed by atoms with E-state index in [-0.39, 0.29) is 11.9 Å². The van der Waals surface area contributed by atoms with E-state index in [0.29, 0.717) is 6.04 Å². The molecule has 1 saturated carbocycles. The number of hydrogen-bond donors (Lipinski definition) is 2. The van der Waals surface area contributed by atoms with Gasteiger partial charge in [-0.05, 0) is 40.2 Å². The lowest BCUT2D eigenvalue weighted by Crippen LogP contribution is -2.40. The lowest BCUT2D eigenvalue weighted by Gasteiger charge is -2.26. The minimum Gasteiger partial charge on any atom is -0.368 e. The van der Waals surface area contributed by atoms with Gasteiger partial charge in [-0.15, -0.1) is 11.3 Å². The Hall–Kier alpha value is -0.390. The molecular weight excluding hydrogens is 300 g/mol. The molecule has 0 bridgehead atoms. The minimum absolute atomic E-state index is 0.293. The largest absolute Gasteiger partial charge is 0.368 e. The molecule has 1 aromatic heterocycles. The standard InChI is InChI=1S/C12H17BrN2OS/c13-9-6-7-17-11(9)10(12(14)16)15-8-4-2-1-3-5-8/h6-8,10,15H,1-5H2,(H2,14,16). The number of primary amides is 1. The molecule has 1 amide bonds. The van der Waals surface area contributed by atoms with Crippen molar-refractivity contribution in [2.45, 2.75) is 44.2 Å². The van der Waals surface area contributed by atoms with Crippen molar-refractivity contribution in [1.29, 1.82) is 0 Å². The number of nitrogens with one attached hydrogen (secondary N) is 1. The Morgan fingerprint density at radius 2 is 2.18 bits per heavy atom. The van der Waals surface area contributed by atoms with Crippen molar-refractivity contribution >= 4 is 33.2 Å². The Morgan fingerprint density at radius 3 is 2.71 bits per heavy atom. The zero-order chi connectivity index (χ0) is 12.3. The van der Waals surface area contributed by atoms with Crippen LogP contribution in [0.4, 0.5) is 0 Å². The summed E-state index contributed by atoms with van der Waals surface area (Å²) in [5, 5.41) is 5.37. The summed E-state index contributed by atoms with van der Waals surface area (Å²) in [5.74, 6) is -0.293. The summed E-state index contributed by atoms with van der Waals surface area (Å²) >= 11 is 5.03. The maximum absolute atomic E-state index is 11.6. The molecular formula is C12H17BrN2OS. The molecule has 1 atom stereocenters. The van der Waals surface area contributed by atoms with Crippen molar-refractivity contribution in [2.75, 3.05) is 0 Å². The highest BCUT2D eigenvalue weighted by molar-refractivity contribution is 9.10. The zero-order valence-electron chi connectivity index (χ0n) is 9.62. The van der Waals surface area contributed by atoms with Crippen LogP contribution in [0, 0.1) is 0 Å². The van der Waals surface area contributed by atoms with Gasteiger partial charge in [-0.3, -0.25) is 10.1 Å². The molecule has 0 aliphatic heterocycles. The quantitative estimate of drug-likeness (QED) is 0.897. The van der Waals surface area contributed by atoms with Crippen LogP contribution in [0.25, 0.3) is 0 Å². The molecule has 17 heavy (non-hydrogen) atoms. The van der Waals surface area contributed by atoms with Gasteiger partial charge in [0, 0.05) is 15.4 Å². The van der Waals surface area contributed by atoms with Gasteiger partial charge in [-0.1, -0.05) is 19.3 Å². The predicted molar refractivity (Wildman–Crippen MR) is 74.0 cm³/mol. The topological polar surface area (TPSA) is 55.1 Å². The average molecular weight is 317 g/mol. The Labute approximate surface area is 114 Å². The van der Waals surface area contributed by atoms with E-state index >= 15 is 0 Å². The van der Waals surface area contributed by atoms with Gasteiger partial charge in [0.05, 0.1) is 0 Å². The fourth-order valence-electron chi connectivity index (χ4n) is 2.30. The molecule has 2 rings (SSSR count). The first-order chi connectivity index (χ1) is 8.18. The first-order valence-corrected chi connectivity index (χ1v) is 7.64. The first kappa shape index (κ1) is 13.1. The zero-order valence-corrected chi connectivity index (χ0v) is 12.0. The first-order valence-electron chi connectivity index (χ1n) is 5.96. The molecule has 1 fully saturated rings. The van der Waals surface area contributed by atoms with Gasteiger partial charge in [-0.2, -0.15) is 0 Å². The number of amides is 1. The lowest BCUT2D eigenvalue weighted by atomic mass is 9.94. The number of thiophene rings is 1. The van der Waals surface area contributed by atoms with Crippen molar-refractivity contribution < 1.29 is 4.79 Å². The van der Waals surface area contributed by atoms with Crippen LogP contribution in [0.3, 0.4) is 0 Å². The van der Waals surface area contributed by atoms with Crippen molar-refractivity contribution in [3.8, 4) is 0 Å². The molecule has 3 N–H and O–H groups in total. The van der Waals surface area contributed by atoms with Gasteiger partial charge in [0.2, 0.25) is 5.91 Å². The summed E-state index contributed by atoms with van der Waals surface area (Å²) in [6.45, 7) is 0. The van der Waals surface area contributed by atoms with E-state index in [1.807, 2.05) is 11.4 Å². The van der Waals surface area contributed by atoms with Crippen LogP contribution in [0.1, 0.15) is 43.0 Å². The highest BCUT2D eigenvalue weighted by Crippen LogP contribution is 2.30. The second kappa shape index (κ2) is 5.98. The highest BCUT2D eigenvalue weighted by Gasteiger charge is 2.25. The van der Waals surface area contributed by atoms with Crippen LogP contribution >= 0.6 is 27.3 Å². The molecule has 1 heterocycles. The number of hydrogen-bond acceptors (Lipinski definition) is 3. The average Bonchev–Trinajstić information content (AvgIpc) is 2.73. The number of halogens is 1. The fourth-order valence-corrected chi connectivity index (χ4v) is 3.97. The summed E-state index contributed by atoms with van der Waals surface area (Å²) in [4.78, 5) is 12.6. The van der Waals surface area contributed by atoms with Gasteiger partial charge in [0.25, 0.3) is 0 Å². The predicted octanol–water partition coefficient (Wildman–Crippen LogP) is 2.96. The van der Waals surface area contributed by atoms with Crippen LogP contribution in [-0.4, -0.2) is 11.9 Å². The second-order valence-corrected chi connectivity index (χ2v) is 6.27. The Kier molecular flexibility index (Phi) is 4.59. The smallest absolute Gasteiger partial charge is 0.240 e. The molecule has 1 aromatic rings. The van der Waals surface area contributed by atoms with Gasteiger partial charge in [0.1, 0.15) is 6.04 Å². The molecule has 0 radical (unpaired) electrons. The van der Waals surface area contributed by atoms with Crippen molar-refractivity contribution in [2.24, 2.45) is 5.73 Å². The molecule has 0 spiro atoms.